The van der Waals surface area contributed by atoms with Crippen LogP contribution in [0.4, 0.5) is 36.0 Å². The van der Waals surface area contributed by atoms with Gasteiger partial charge in [-0.2, -0.15) is 0 Å². The Morgan fingerprint density at radius 1 is 1.03 bits per heavy atom. The zero-order valence-electron chi connectivity index (χ0n) is 21.4. The summed E-state index contributed by atoms with van der Waals surface area (Å²) in [6.45, 7) is 3.80. The number of anilines is 4. The Labute approximate surface area is 223 Å². The molecule has 1 aromatic carbocycles. The number of rotatable bonds is 6. The van der Waals surface area contributed by atoms with Crippen LogP contribution in [0.1, 0.15) is 5.56 Å². The number of halogens is 2. The van der Waals surface area contributed by atoms with Gasteiger partial charge in [-0.25, -0.2) is 28.5 Å². The number of benzene rings is 1. The van der Waals surface area contributed by atoms with Crippen LogP contribution in [0.5, 0.6) is 0 Å². The minimum absolute atomic E-state index is 0.0479. The van der Waals surface area contributed by atoms with E-state index in [1.807, 2.05) is 23.1 Å². The van der Waals surface area contributed by atoms with Crippen LogP contribution in [0.15, 0.2) is 48.7 Å². The number of aromatic nitrogens is 3. The Kier molecular flexibility index (Phi) is 7.34. The molecule has 3 aromatic heterocycles. The number of urea groups is 1. The third kappa shape index (κ3) is 5.65. The van der Waals surface area contributed by atoms with Crippen molar-refractivity contribution in [3.63, 3.8) is 0 Å². The molecule has 0 bridgehead atoms. The van der Waals surface area contributed by atoms with Crippen LogP contribution >= 0.6 is 11.3 Å². The SMILES string of the molecule is CN(C)C(=O)N1CCN(Cc2ccnc(Nc3nc4ccc(N(C)c5ccc(F)cc5F)nc4s3)c2)CC1. The molecule has 0 unspecified atom stereocenters. The summed E-state index contributed by atoms with van der Waals surface area (Å²) < 4.78 is 27.5. The quantitative estimate of drug-likeness (QED) is 0.382. The summed E-state index contributed by atoms with van der Waals surface area (Å²) >= 11 is 1.37. The minimum Gasteiger partial charge on any atom is -0.331 e. The van der Waals surface area contributed by atoms with Crippen molar-refractivity contribution >= 4 is 50.2 Å². The van der Waals surface area contributed by atoms with Crippen molar-refractivity contribution in [1.29, 1.82) is 0 Å². The number of thiazole rings is 1. The molecule has 38 heavy (non-hydrogen) atoms. The van der Waals surface area contributed by atoms with Crippen LogP contribution in [-0.4, -0.2) is 83.0 Å². The van der Waals surface area contributed by atoms with E-state index in [4.69, 9.17) is 0 Å². The predicted molar refractivity (Wildman–Crippen MR) is 145 cm³/mol. The molecule has 4 aromatic rings. The summed E-state index contributed by atoms with van der Waals surface area (Å²) in [5.74, 6) is -0.0895. The number of nitrogens with zero attached hydrogens (tertiary/aromatic N) is 7. The fourth-order valence-electron chi connectivity index (χ4n) is 4.31. The number of amides is 2. The van der Waals surface area contributed by atoms with Gasteiger partial charge in [-0.3, -0.25) is 4.90 Å². The highest BCUT2D eigenvalue weighted by atomic mass is 32.1. The van der Waals surface area contributed by atoms with E-state index in [1.165, 1.54) is 23.5 Å². The van der Waals surface area contributed by atoms with Gasteiger partial charge in [0.25, 0.3) is 0 Å². The molecule has 198 valence electrons. The van der Waals surface area contributed by atoms with Gasteiger partial charge < -0.3 is 20.0 Å². The van der Waals surface area contributed by atoms with Crippen molar-refractivity contribution in [2.45, 2.75) is 6.54 Å². The Bertz CT molecular complexity index is 1450. The highest BCUT2D eigenvalue weighted by Gasteiger charge is 2.22. The molecule has 0 spiro atoms. The maximum absolute atomic E-state index is 14.2. The predicted octanol–water partition coefficient (Wildman–Crippen LogP) is 4.68. The number of pyridine rings is 2. The summed E-state index contributed by atoms with van der Waals surface area (Å²) in [6.07, 6.45) is 1.76. The van der Waals surface area contributed by atoms with Crippen molar-refractivity contribution in [1.82, 2.24) is 29.7 Å². The lowest BCUT2D eigenvalue weighted by molar-refractivity contribution is 0.120. The van der Waals surface area contributed by atoms with Crippen molar-refractivity contribution in [2.24, 2.45) is 0 Å². The average molecular weight is 539 g/mol. The molecule has 9 nitrogen and oxygen atoms in total. The Morgan fingerprint density at radius 3 is 2.55 bits per heavy atom. The van der Waals surface area contributed by atoms with Crippen LogP contribution in [0.25, 0.3) is 10.3 Å². The third-order valence-electron chi connectivity index (χ3n) is 6.35. The maximum atomic E-state index is 14.2. The van der Waals surface area contributed by atoms with E-state index in [0.29, 0.717) is 40.2 Å². The molecule has 1 N–H and O–H groups in total. The lowest BCUT2D eigenvalue weighted by Crippen LogP contribution is -2.51. The molecule has 1 saturated heterocycles. The molecule has 4 heterocycles. The van der Waals surface area contributed by atoms with E-state index in [2.05, 4.69) is 25.2 Å². The summed E-state index contributed by atoms with van der Waals surface area (Å²) in [7, 11) is 5.22. The van der Waals surface area contributed by atoms with Gasteiger partial charge in [0, 0.05) is 66.1 Å². The first-order valence-corrected chi connectivity index (χ1v) is 13.0. The number of carbonyl (C=O) groups is 1. The molecular formula is C26H28F2N8OS. The molecule has 0 atom stereocenters. The zero-order valence-corrected chi connectivity index (χ0v) is 22.2. The zero-order chi connectivity index (χ0) is 26.8. The summed E-state index contributed by atoms with van der Waals surface area (Å²) in [6, 6.07) is 11.1. The van der Waals surface area contributed by atoms with Crippen molar-refractivity contribution in [3.05, 3.63) is 65.9 Å². The van der Waals surface area contributed by atoms with Gasteiger partial charge >= 0.3 is 6.03 Å². The number of hydrogen-bond donors (Lipinski definition) is 1. The standard InChI is InChI=1S/C26H28F2N8OS/c1-33(2)26(37)36-12-10-35(11-13-36)16-17-8-9-29-22(14-17)31-25-30-20-5-7-23(32-24(20)38-25)34(3)21-6-4-18(27)15-19(21)28/h4-9,14-15H,10-13,16H2,1-3H3,(H,29,30,31). The van der Waals surface area contributed by atoms with E-state index in [9.17, 15) is 13.6 Å². The number of nitrogens with one attached hydrogen (secondary N) is 1. The van der Waals surface area contributed by atoms with E-state index in [-0.39, 0.29) is 11.7 Å². The number of piperazine rings is 1. The molecular weight excluding hydrogens is 510 g/mol. The number of carbonyl (C=O) groups excluding carboxylic acids is 1. The van der Waals surface area contributed by atoms with Gasteiger partial charge in [0.05, 0.1) is 5.69 Å². The molecule has 1 aliphatic rings. The lowest BCUT2D eigenvalue weighted by Gasteiger charge is -2.35. The van der Waals surface area contributed by atoms with Crippen molar-refractivity contribution < 1.29 is 13.6 Å². The monoisotopic (exact) mass is 538 g/mol. The molecule has 5 rings (SSSR count). The fraction of sp³-hybridized carbons (Fsp3) is 0.308. The first-order chi connectivity index (χ1) is 18.3. The van der Waals surface area contributed by atoms with Gasteiger partial charge in [0.15, 0.2) is 5.13 Å². The van der Waals surface area contributed by atoms with Crippen LogP contribution in [0.2, 0.25) is 0 Å². The maximum Gasteiger partial charge on any atom is 0.319 e. The fourth-order valence-corrected chi connectivity index (χ4v) is 5.15. The number of fused-ring (bicyclic) bond motifs is 1. The average Bonchev–Trinajstić information content (AvgIpc) is 3.30. The van der Waals surface area contributed by atoms with E-state index in [0.717, 1.165) is 31.3 Å². The van der Waals surface area contributed by atoms with Crippen LogP contribution in [-0.2, 0) is 6.54 Å². The Hall–Kier alpha value is -3.90. The highest BCUT2D eigenvalue weighted by molar-refractivity contribution is 7.21. The second-order valence-electron chi connectivity index (χ2n) is 9.28. The number of hydrogen-bond acceptors (Lipinski definition) is 8. The second kappa shape index (κ2) is 10.8. The van der Waals surface area contributed by atoms with Crippen molar-refractivity contribution in [2.75, 3.05) is 57.5 Å². The summed E-state index contributed by atoms with van der Waals surface area (Å²) in [5, 5.41) is 3.90. The Balaban J connectivity index is 1.25. The first-order valence-electron chi connectivity index (χ1n) is 12.1. The first kappa shape index (κ1) is 25.7. The van der Waals surface area contributed by atoms with Gasteiger partial charge in [0.2, 0.25) is 0 Å². The van der Waals surface area contributed by atoms with E-state index >= 15 is 0 Å². The second-order valence-corrected chi connectivity index (χ2v) is 10.3. The van der Waals surface area contributed by atoms with Crippen LogP contribution in [0, 0.1) is 11.6 Å². The van der Waals surface area contributed by atoms with E-state index in [1.54, 1.807) is 43.2 Å². The highest BCUT2D eigenvalue weighted by Crippen LogP contribution is 2.31. The van der Waals surface area contributed by atoms with Crippen LogP contribution in [0.3, 0.4) is 0 Å². The van der Waals surface area contributed by atoms with Gasteiger partial charge in [-0.1, -0.05) is 11.3 Å². The van der Waals surface area contributed by atoms with Gasteiger partial charge in [-0.15, -0.1) is 0 Å². The molecule has 12 heteroatoms. The molecule has 1 aliphatic heterocycles. The summed E-state index contributed by atoms with van der Waals surface area (Å²) in [4.78, 5) is 33.9. The molecule has 0 aliphatic carbocycles. The molecule has 2 amide bonds. The van der Waals surface area contributed by atoms with E-state index < -0.39 is 11.6 Å². The van der Waals surface area contributed by atoms with Gasteiger partial charge in [0.1, 0.15) is 33.6 Å². The largest absolute Gasteiger partial charge is 0.331 e. The molecule has 0 saturated carbocycles. The molecule has 1 fully saturated rings. The topological polar surface area (TPSA) is 80.7 Å². The summed E-state index contributed by atoms with van der Waals surface area (Å²) in [5.41, 5.74) is 2.04. The Morgan fingerprint density at radius 2 is 1.82 bits per heavy atom. The van der Waals surface area contributed by atoms with Crippen LogP contribution < -0.4 is 10.2 Å². The smallest absolute Gasteiger partial charge is 0.319 e. The third-order valence-corrected chi connectivity index (χ3v) is 7.23. The molecule has 0 radical (unpaired) electrons. The van der Waals surface area contributed by atoms with Crippen molar-refractivity contribution in [3.8, 4) is 0 Å². The lowest BCUT2D eigenvalue weighted by atomic mass is 10.2. The minimum atomic E-state index is -0.657. The normalized spacial score (nSPS) is 14.1. The van der Waals surface area contributed by atoms with Gasteiger partial charge in [-0.05, 0) is 42.0 Å².